The summed E-state index contributed by atoms with van der Waals surface area (Å²) in [7, 11) is 0. The molecule has 0 radical (unpaired) electrons. The molecule has 80 valence electrons. The average molecular weight is 225 g/mol. The highest BCUT2D eigenvalue weighted by atomic mass is 35.5. The Bertz CT molecular complexity index is 372. The van der Waals surface area contributed by atoms with E-state index in [1.54, 1.807) is 0 Å². The van der Waals surface area contributed by atoms with Gasteiger partial charge in [0.25, 0.3) is 0 Å². The minimum absolute atomic E-state index is 0.140. The number of halogens is 1. The molecule has 3 heteroatoms. The van der Waals surface area contributed by atoms with Crippen LogP contribution in [0.25, 0.3) is 0 Å². The van der Waals surface area contributed by atoms with Crippen molar-refractivity contribution in [2.24, 2.45) is 5.92 Å². The van der Waals surface area contributed by atoms with Crippen LogP contribution in [0.15, 0.2) is 24.3 Å². The normalized spacial score (nSPS) is 17.4. The summed E-state index contributed by atoms with van der Waals surface area (Å²) >= 11 is 5.90. The first-order valence-electron chi connectivity index (χ1n) is 5.14. The Balaban J connectivity index is 2.19. The monoisotopic (exact) mass is 224 g/mol. The summed E-state index contributed by atoms with van der Waals surface area (Å²) in [5, 5.41) is 9.54. The highest BCUT2D eigenvalue weighted by Gasteiger charge is 2.33. The fraction of sp³-hybridized carbons (Fsp3) is 0.417. The van der Waals surface area contributed by atoms with Gasteiger partial charge in [0.1, 0.15) is 0 Å². The Labute approximate surface area is 93.9 Å². The lowest BCUT2D eigenvalue weighted by Gasteiger charge is -2.14. The van der Waals surface area contributed by atoms with Crippen molar-refractivity contribution in [2.45, 2.75) is 25.2 Å². The predicted octanol–water partition coefficient (Wildman–Crippen LogP) is 3.31. The zero-order valence-electron chi connectivity index (χ0n) is 8.32. The molecule has 0 heterocycles. The highest BCUT2D eigenvalue weighted by Crippen LogP contribution is 2.44. The lowest BCUT2D eigenvalue weighted by atomic mass is 9.91. The molecule has 1 fully saturated rings. The van der Waals surface area contributed by atoms with Crippen molar-refractivity contribution in [1.29, 1.82) is 0 Å². The zero-order chi connectivity index (χ0) is 10.8. The molecule has 1 saturated carbocycles. The van der Waals surface area contributed by atoms with E-state index in [9.17, 15) is 4.79 Å². The molecule has 2 nitrogen and oxygen atoms in total. The molecule has 1 aromatic rings. The van der Waals surface area contributed by atoms with Gasteiger partial charge in [-0.2, -0.15) is 0 Å². The number of carboxylic acids is 1. The number of carbonyl (C=O) groups is 1. The van der Waals surface area contributed by atoms with E-state index in [0.29, 0.717) is 10.9 Å². The summed E-state index contributed by atoms with van der Waals surface area (Å²) in [6.07, 6.45) is 2.50. The van der Waals surface area contributed by atoms with Crippen LogP contribution in [0.2, 0.25) is 5.02 Å². The summed E-state index contributed by atoms with van der Waals surface area (Å²) in [6.45, 7) is 0. The first-order chi connectivity index (χ1) is 7.16. The Hall–Kier alpha value is -1.02. The summed E-state index contributed by atoms with van der Waals surface area (Å²) in [4.78, 5) is 10.8. The Kier molecular flexibility index (Phi) is 2.96. The summed E-state index contributed by atoms with van der Waals surface area (Å²) in [5.74, 6) is -0.0485. The summed E-state index contributed by atoms with van der Waals surface area (Å²) < 4.78 is 0. The minimum atomic E-state index is -0.730. The van der Waals surface area contributed by atoms with Gasteiger partial charge in [0.2, 0.25) is 0 Å². The quantitative estimate of drug-likeness (QED) is 0.852. The minimum Gasteiger partial charge on any atom is -0.481 e. The molecule has 0 saturated heterocycles. The number of rotatable bonds is 4. The van der Waals surface area contributed by atoms with Crippen molar-refractivity contribution in [3.05, 3.63) is 34.9 Å². The van der Waals surface area contributed by atoms with Crippen LogP contribution in [0, 0.1) is 5.92 Å². The molecule has 1 aliphatic carbocycles. The molecule has 1 aromatic carbocycles. The second kappa shape index (κ2) is 4.23. The van der Waals surface area contributed by atoms with E-state index in [4.69, 9.17) is 16.7 Å². The molecule has 1 unspecified atom stereocenters. The molecular weight excluding hydrogens is 212 g/mol. The number of aliphatic carboxylic acids is 1. The Morgan fingerprint density at radius 2 is 2.27 bits per heavy atom. The van der Waals surface area contributed by atoms with Crippen LogP contribution in [0.1, 0.15) is 30.7 Å². The lowest BCUT2D eigenvalue weighted by Crippen LogP contribution is -2.08. The Morgan fingerprint density at radius 1 is 1.53 bits per heavy atom. The van der Waals surface area contributed by atoms with E-state index in [-0.39, 0.29) is 12.3 Å². The number of carboxylic acid groups (broad SMARTS) is 1. The van der Waals surface area contributed by atoms with Gasteiger partial charge >= 0.3 is 5.97 Å². The van der Waals surface area contributed by atoms with Crippen molar-refractivity contribution in [2.75, 3.05) is 0 Å². The third-order valence-electron chi connectivity index (χ3n) is 2.86. The molecule has 0 aromatic heterocycles. The van der Waals surface area contributed by atoms with E-state index >= 15 is 0 Å². The van der Waals surface area contributed by atoms with Crippen LogP contribution in [-0.4, -0.2) is 11.1 Å². The molecule has 1 aliphatic rings. The van der Waals surface area contributed by atoms with Crippen molar-refractivity contribution < 1.29 is 9.90 Å². The number of hydrogen-bond acceptors (Lipinski definition) is 1. The second-order valence-electron chi connectivity index (χ2n) is 4.10. The van der Waals surface area contributed by atoms with Gasteiger partial charge in [-0.15, -0.1) is 0 Å². The molecule has 0 amide bonds. The maximum absolute atomic E-state index is 10.8. The van der Waals surface area contributed by atoms with Gasteiger partial charge in [-0.25, -0.2) is 0 Å². The van der Waals surface area contributed by atoms with E-state index in [2.05, 4.69) is 0 Å². The highest BCUT2D eigenvalue weighted by molar-refractivity contribution is 6.30. The van der Waals surface area contributed by atoms with Crippen LogP contribution < -0.4 is 0 Å². The van der Waals surface area contributed by atoms with Crippen LogP contribution in [0.5, 0.6) is 0 Å². The molecule has 2 rings (SSSR count). The van der Waals surface area contributed by atoms with Crippen LogP contribution in [0.3, 0.4) is 0 Å². The lowest BCUT2D eigenvalue weighted by molar-refractivity contribution is -0.137. The van der Waals surface area contributed by atoms with Gasteiger partial charge < -0.3 is 5.11 Å². The van der Waals surface area contributed by atoms with E-state index in [1.807, 2.05) is 24.3 Å². The molecule has 0 bridgehead atoms. The topological polar surface area (TPSA) is 37.3 Å². The maximum Gasteiger partial charge on any atom is 0.303 e. The van der Waals surface area contributed by atoms with Gasteiger partial charge in [0.15, 0.2) is 0 Å². The number of benzene rings is 1. The SMILES string of the molecule is O=C(O)CC(c1cccc(Cl)c1)C1CC1. The van der Waals surface area contributed by atoms with E-state index in [1.165, 1.54) is 0 Å². The fourth-order valence-electron chi connectivity index (χ4n) is 1.98. The van der Waals surface area contributed by atoms with Gasteiger partial charge in [-0.3, -0.25) is 4.79 Å². The largest absolute Gasteiger partial charge is 0.481 e. The van der Waals surface area contributed by atoms with Gasteiger partial charge in [0.05, 0.1) is 6.42 Å². The molecule has 15 heavy (non-hydrogen) atoms. The fourth-order valence-corrected chi connectivity index (χ4v) is 2.18. The smallest absolute Gasteiger partial charge is 0.303 e. The van der Waals surface area contributed by atoms with Gasteiger partial charge in [0, 0.05) is 5.02 Å². The maximum atomic E-state index is 10.8. The number of hydrogen-bond donors (Lipinski definition) is 1. The van der Waals surface area contributed by atoms with E-state index < -0.39 is 5.97 Å². The predicted molar refractivity (Wildman–Crippen MR) is 59.2 cm³/mol. The summed E-state index contributed by atoms with van der Waals surface area (Å²) in [5.41, 5.74) is 1.06. The first-order valence-corrected chi connectivity index (χ1v) is 5.52. The van der Waals surface area contributed by atoms with Crippen molar-refractivity contribution >= 4 is 17.6 Å². The molecule has 0 aliphatic heterocycles. The molecule has 0 spiro atoms. The van der Waals surface area contributed by atoms with Crippen LogP contribution >= 0.6 is 11.6 Å². The standard InChI is InChI=1S/C12H13ClO2/c13-10-3-1-2-9(6-10)11(7-12(14)15)8-4-5-8/h1-3,6,8,11H,4-5,7H2,(H,14,15). The van der Waals surface area contributed by atoms with Crippen LogP contribution in [0.4, 0.5) is 0 Å². The molecular formula is C12H13ClO2. The third kappa shape index (κ3) is 2.72. The van der Waals surface area contributed by atoms with Crippen molar-refractivity contribution in [3.63, 3.8) is 0 Å². The summed E-state index contributed by atoms with van der Waals surface area (Å²) in [6, 6.07) is 7.55. The van der Waals surface area contributed by atoms with Gasteiger partial charge in [-0.05, 0) is 42.4 Å². The van der Waals surface area contributed by atoms with Gasteiger partial charge in [-0.1, -0.05) is 23.7 Å². The molecule has 1 atom stereocenters. The average Bonchev–Trinajstić information content (AvgIpc) is 2.97. The molecule has 1 N–H and O–H groups in total. The first kappa shape index (κ1) is 10.5. The van der Waals surface area contributed by atoms with Crippen molar-refractivity contribution in [1.82, 2.24) is 0 Å². The van der Waals surface area contributed by atoms with Crippen LogP contribution in [-0.2, 0) is 4.79 Å². The zero-order valence-corrected chi connectivity index (χ0v) is 9.07. The van der Waals surface area contributed by atoms with Crippen molar-refractivity contribution in [3.8, 4) is 0 Å². The third-order valence-corrected chi connectivity index (χ3v) is 3.10. The second-order valence-corrected chi connectivity index (χ2v) is 4.53. The van der Waals surface area contributed by atoms with E-state index in [0.717, 1.165) is 18.4 Å². The Morgan fingerprint density at radius 3 is 2.80 bits per heavy atom.